The fraction of sp³-hybridized carbons (Fsp3) is 0.500. The highest BCUT2D eigenvalue weighted by Gasteiger charge is 2.29. The van der Waals surface area contributed by atoms with Gasteiger partial charge in [0, 0.05) is 43.7 Å². The normalized spacial score (nSPS) is 19.0. The molecule has 2 aromatic rings. The number of H-pyrrole nitrogens is 2. The molecular weight excluding hydrogens is 254 g/mol. The van der Waals surface area contributed by atoms with Crippen LogP contribution in [0.5, 0.6) is 0 Å². The van der Waals surface area contributed by atoms with Crippen LogP contribution >= 0.6 is 0 Å². The van der Waals surface area contributed by atoms with E-state index in [1.54, 1.807) is 0 Å². The van der Waals surface area contributed by atoms with Crippen LogP contribution in [0.15, 0.2) is 17.2 Å². The Kier molecular flexibility index (Phi) is 2.70. The summed E-state index contributed by atoms with van der Waals surface area (Å²) in [5.41, 5.74) is 3.03. The van der Waals surface area contributed by atoms with Gasteiger partial charge in [-0.15, -0.1) is 0 Å². The SMILES string of the molecule is O=c1[nH]c(C2CC2)nc2c1CN(Cc1cn[nH]c1)CC2. The van der Waals surface area contributed by atoms with Gasteiger partial charge in [-0.25, -0.2) is 4.98 Å². The van der Waals surface area contributed by atoms with Gasteiger partial charge in [-0.1, -0.05) is 0 Å². The number of hydrogen-bond donors (Lipinski definition) is 2. The topological polar surface area (TPSA) is 77.7 Å². The molecule has 2 aromatic heterocycles. The highest BCUT2D eigenvalue weighted by atomic mass is 16.1. The summed E-state index contributed by atoms with van der Waals surface area (Å²) in [7, 11) is 0. The summed E-state index contributed by atoms with van der Waals surface area (Å²) in [6, 6.07) is 0. The van der Waals surface area contributed by atoms with Crippen LogP contribution in [-0.2, 0) is 19.5 Å². The largest absolute Gasteiger partial charge is 0.310 e. The van der Waals surface area contributed by atoms with Crippen molar-refractivity contribution in [1.29, 1.82) is 0 Å². The van der Waals surface area contributed by atoms with E-state index in [-0.39, 0.29) is 5.56 Å². The second-order valence-corrected chi connectivity index (χ2v) is 5.72. The Morgan fingerprint density at radius 1 is 1.40 bits per heavy atom. The van der Waals surface area contributed by atoms with Gasteiger partial charge in [0.05, 0.1) is 17.5 Å². The van der Waals surface area contributed by atoms with E-state index in [1.807, 2.05) is 12.4 Å². The Morgan fingerprint density at radius 3 is 3.05 bits per heavy atom. The lowest BCUT2D eigenvalue weighted by atomic mass is 10.1. The summed E-state index contributed by atoms with van der Waals surface area (Å²) >= 11 is 0. The third-order valence-electron chi connectivity index (χ3n) is 4.09. The number of aromatic nitrogens is 4. The molecule has 20 heavy (non-hydrogen) atoms. The van der Waals surface area contributed by atoms with Gasteiger partial charge in [-0.2, -0.15) is 5.10 Å². The lowest BCUT2D eigenvalue weighted by Crippen LogP contribution is -2.35. The number of hydrogen-bond acceptors (Lipinski definition) is 4. The molecule has 6 heteroatoms. The molecule has 6 nitrogen and oxygen atoms in total. The van der Waals surface area contributed by atoms with Crippen molar-refractivity contribution in [2.45, 2.75) is 38.3 Å². The molecule has 104 valence electrons. The van der Waals surface area contributed by atoms with Crippen molar-refractivity contribution in [2.75, 3.05) is 6.54 Å². The quantitative estimate of drug-likeness (QED) is 0.870. The average molecular weight is 271 g/mol. The van der Waals surface area contributed by atoms with E-state index in [2.05, 4.69) is 25.1 Å². The summed E-state index contributed by atoms with van der Waals surface area (Å²) < 4.78 is 0. The van der Waals surface area contributed by atoms with Crippen molar-refractivity contribution in [3.63, 3.8) is 0 Å². The standard InChI is InChI=1S/C14H17N5O/c20-14-11-8-19(7-9-5-15-16-6-9)4-3-12(11)17-13(18-14)10-1-2-10/h5-6,10H,1-4,7-8H2,(H,15,16)(H,17,18,20). The van der Waals surface area contributed by atoms with E-state index in [9.17, 15) is 4.79 Å². The lowest BCUT2D eigenvalue weighted by Gasteiger charge is -2.27. The van der Waals surface area contributed by atoms with Gasteiger partial charge in [0.2, 0.25) is 0 Å². The summed E-state index contributed by atoms with van der Waals surface area (Å²) in [6.45, 7) is 2.44. The molecule has 2 aliphatic rings. The maximum Gasteiger partial charge on any atom is 0.255 e. The molecule has 4 rings (SSSR count). The number of nitrogens with one attached hydrogen (secondary N) is 2. The molecule has 0 unspecified atom stereocenters. The van der Waals surface area contributed by atoms with Gasteiger partial charge < -0.3 is 4.98 Å². The Labute approximate surface area is 116 Å². The fourth-order valence-corrected chi connectivity index (χ4v) is 2.81. The summed E-state index contributed by atoms with van der Waals surface area (Å²) in [5, 5.41) is 6.78. The molecule has 3 heterocycles. The third-order valence-corrected chi connectivity index (χ3v) is 4.09. The van der Waals surface area contributed by atoms with Crippen molar-refractivity contribution in [3.8, 4) is 0 Å². The highest BCUT2D eigenvalue weighted by Crippen LogP contribution is 2.37. The first kappa shape index (κ1) is 11.8. The Balaban J connectivity index is 1.58. The van der Waals surface area contributed by atoms with Crippen molar-refractivity contribution in [3.05, 3.63) is 45.4 Å². The first-order chi connectivity index (χ1) is 9.79. The zero-order valence-electron chi connectivity index (χ0n) is 11.2. The van der Waals surface area contributed by atoms with Crippen LogP contribution in [-0.4, -0.2) is 31.6 Å². The minimum atomic E-state index is 0.0498. The highest BCUT2D eigenvalue weighted by molar-refractivity contribution is 5.23. The van der Waals surface area contributed by atoms with Gasteiger partial charge >= 0.3 is 0 Å². The van der Waals surface area contributed by atoms with Gasteiger partial charge in [0.25, 0.3) is 5.56 Å². The van der Waals surface area contributed by atoms with Gasteiger partial charge in [-0.3, -0.25) is 14.8 Å². The number of aromatic amines is 2. The van der Waals surface area contributed by atoms with Gasteiger partial charge in [0.1, 0.15) is 5.82 Å². The fourth-order valence-electron chi connectivity index (χ4n) is 2.81. The predicted molar refractivity (Wildman–Crippen MR) is 73.2 cm³/mol. The number of rotatable bonds is 3. The molecule has 0 bridgehead atoms. The van der Waals surface area contributed by atoms with Crippen molar-refractivity contribution < 1.29 is 0 Å². The van der Waals surface area contributed by atoms with Crippen molar-refractivity contribution >= 4 is 0 Å². The molecule has 0 amide bonds. The molecule has 0 atom stereocenters. The molecule has 1 aliphatic heterocycles. The maximum atomic E-state index is 12.2. The Morgan fingerprint density at radius 2 is 2.30 bits per heavy atom. The molecule has 1 saturated carbocycles. The summed E-state index contributed by atoms with van der Waals surface area (Å²) in [4.78, 5) is 22.1. The van der Waals surface area contributed by atoms with Crippen LogP contribution in [0.1, 0.15) is 41.4 Å². The van der Waals surface area contributed by atoms with Gasteiger partial charge in [0.15, 0.2) is 0 Å². The van der Waals surface area contributed by atoms with Crippen LogP contribution in [0, 0.1) is 0 Å². The molecule has 0 aromatic carbocycles. The predicted octanol–water partition coefficient (Wildman–Crippen LogP) is 0.929. The van der Waals surface area contributed by atoms with Crippen LogP contribution in [0.4, 0.5) is 0 Å². The summed E-state index contributed by atoms with van der Waals surface area (Å²) in [6.07, 6.45) is 6.90. The minimum Gasteiger partial charge on any atom is -0.310 e. The monoisotopic (exact) mass is 271 g/mol. The maximum absolute atomic E-state index is 12.2. The minimum absolute atomic E-state index is 0.0498. The number of fused-ring (bicyclic) bond motifs is 1. The van der Waals surface area contributed by atoms with E-state index in [0.717, 1.165) is 55.0 Å². The average Bonchev–Trinajstić information content (AvgIpc) is 3.18. The second-order valence-electron chi connectivity index (χ2n) is 5.72. The smallest absolute Gasteiger partial charge is 0.255 e. The Bertz CT molecular complexity index is 671. The lowest BCUT2D eigenvalue weighted by molar-refractivity contribution is 0.241. The first-order valence-electron chi connectivity index (χ1n) is 7.11. The van der Waals surface area contributed by atoms with E-state index < -0.39 is 0 Å². The Hall–Kier alpha value is -1.95. The number of nitrogens with zero attached hydrogens (tertiary/aromatic N) is 3. The summed E-state index contributed by atoms with van der Waals surface area (Å²) in [5.74, 6) is 1.40. The van der Waals surface area contributed by atoms with E-state index >= 15 is 0 Å². The van der Waals surface area contributed by atoms with Crippen molar-refractivity contribution in [1.82, 2.24) is 25.1 Å². The van der Waals surface area contributed by atoms with Crippen LogP contribution < -0.4 is 5.56 Å². The van der Waals surface area contributed by atoms with Crippen LogP contribution in [0.25, 0.3) is 0 Å². The molecule has 1 fully saturated rings. The van der Waals surface area contributed by atoms with Crippen molar-refractivity contribution in [2.24, 2.45) is 0 Å². The second kappa shape index (κ2) is 4.56. The third kappa shape index (κ3) is 2.16. The molecule has 0 saturated heterocycles. The van der Waals surface area contributed by atoms with Crippen LogP contribution in [0.2, 0.25) is 0 Å². The molecule has 1 aliphatic carbocycles. The molecule has 2 N–H and O–H groups in total. The van der Waals surface area contributed by atoms with E-state index in [4.69, 9.17) is 0 Å². The van der Waals surface area contributed by atoms with Crippen LogP contribution in [0.3, 0.4) is 0 Å². The molecular formula is C14H17N5O. The zero-order valence-corrected chi connectivity index (χ0v) is 11.2. The molecule has 0 radical (unpaired) electrons. The zero-order chi connectivity index (χ0) is 13.5. The first-order valence-corrected chi connectivity index (χ1v) is 7.11. The van der Waals surface area contributed by atoms with E-state index in [1.165, 1.54) is 0 Å². The van der Waals surface area contributed by atoms with E-state index in [0.29, 0.717) is 12.5 Å². The van der Waals surface area contributed by atoms with Gasteiger partial charge in [-0.05, 0) is 12.8 Å². The molecule has 0 spiro atoms.